The molecule has 0 fully saturated rings. The van der Waals surface area contributed by atoms with Crippen LogP contribution in [0.25, 0.3) is 0 Å². The SMILES string of the molecule is COc1ccc(CC(=O)Nc2cc(Cl)ccc2NS(=O)(=O)c2ccccc2F)cc1OC. The fourth-order valence-electron chi connectivity index (χ4n) is 2.94. The van der Waals surface area contributed by atoms with Crippen LogP contribution in [0.1, 0.15) is 5.56 Å². The third-order valence-electron chi connectivity index (χ3n) is 4.44. The molecule has 3 rings (SSSR count). The van der Waals surface area contributed by atoms with E-state index in [4.69, 9.17) is 21.1 Å². The Morgan fingerprint density at radius 2 is 1.69 bits per heavy atom. The Morgan fingerprint density at radius 3 is 2.38 bits per heavy atom. The van der Waals surface area contributed by atoms with Gasteiger partial charge in [-0.2, -0.15) is 0 Å². The molecule has 0 aliphatic heterocycles. The Hall–Kier alpha value is -3.30. The molecule has 3 aromatic rings. The Bertz CT molecular complexity index is 1250. The van der Waals surface area contributed by atoms with E-state index < -0.39 is 26.6 Å². The monoisotopic (exact) mass is 478 g/mol. The predicted octanol–water partition coefficient (Wildman–Crippen LogP) is 4.48. The molecule has 0 radical (unpaired) electrons. The molecule has 7 nitrogen and oxygen atoms in total. The number of hydrogen-bond acceptors (Lipinski definition) is 5. The molecule has 3 aromatic carbocycles. The Labute approximate surface area is 190 Å². The van der Waals surface area contributed by atoms with Crippen molar-refractivity contribution in [1.29, 1.82) is 0 Å². The molecule has 0 unspecified atom stereocenters. The van der Waals surface area contributed by atoms with Gasteiger partial charge in [-0.25, -0.2) is 12.8 Å². The first-order chi connectivity index (χ1) is 15.2. The van der Waals surface area contributed by atoms with E-state index in [1.54, 1.807) is 18.2 Å². The molecule has 0 saturated heterocycles. The van der Waals surface area contributed by atoms with Crippen LogP contribution in [0.5, 0.6) is 11.5 Å². The van der Waals surface area contributed by atoms with E-state index >= 15 is 0 Å². The van der Waals surface area contributed by atoms with Gasteiger partial charge in [-0.3, -0.25) is 9.52 Å². The van der Waals surface area contributed by atoms with Gasteiger partial charge in [0.05, 0.1) is 32.0 Å². The van der Waals surface area contributed by atoms with Gasteiger partial charge < -0.3 is 14.8 Å². The summed E-state index contributed by atoms with van der Waals surface area (Å²) in [6, 6.07) is 14.3. The van der Waals surface area contributed by atoms with Crippen molar-refractivity contribution in [2.75, 3.05) is 24.3 Å². The average molecular weight is 479 g/mol. The van der Waals surface area contributed by atoms with Gasteiger partial charge in [0.15, 0.2) is 11.5 Å². The number of ether oxygens (including phenoxy) is 2. The second kappa shape index (κ2) is 9.88. The lowest BCUT2D eigenvalue weighted by molar-refractivity contribution is -0.115. The van der Waals surface area contributed by atoms with E-state index in [0.29, 0.717) is 17.1 Å². The summed E-state index contributed by atoms with van der Waals surface area (Å²) in [6.07, 6.45) is -0.0215. The molecule has 0 heterocycles. The van der Waals surface area contributed by atoms with E-state index in [2.05, 4.69) is 10.0 Å². The summed E-state index contributed by atoms with van der Waals surface area (Å²) in [5, 5.41) is 2.92. The van der Waals surface area contributed by atoms with Crippen molar-refractivity contribution >= 4 is 38.9 Å². The first-order valence-electron chi connectivity index (χ1n) is 9.31. The van der Waals surface area contributed by atoms with Crippen molar-refractivity contribution in [3.63, 3.8) is 0 Å². The van der Waals surface area contributed by atoms with E-state index in [9.17, 15) is 17.6 Å². The zero-order valence-electron chi connectivity index (χ0n) is 17.2. The van der Waals surface area contributed by atoms with Crippen molar-refractivity contribution in [2.45, 2.75) is 11.3 Å². The normalized spacial score (nSPS) is 11.0. The topological polar surface area (TPSA) is 93.7 Å². The van der Waals surface area contributed by atoms with Crippen molar-refractivity contribution < 1.29 is 27.1 Å². The number of sulfonamides is 1. The summed E-state index contributed by atoms with van der Waals surface area (Å²) in [5.74, 6) is -0.325. The fourth-order valence-corrected chi connectivity index (χ4v) is 4.27. The van der Waals surface area contributed by atoms with Gasteiger partial charge in [0.2, 0.25) is 5.91 Å². The maximum absolute atomic E-state index is 14.0. The van der Waals surface area contributed by atoms with Crippen LogP contribution < -0.4 is 19.5 Å². The van der Waals surface area contributed by atoms with Crippen LogP contribution >= 0.6 is 11.6 Å². The largest absolute Gasteiger partial charge is 0.493 e. The van der Waals surface area contributed by atoms with Gasteiger partial charge in [0.25, 0.3) is 10.0 Å². The first-order valence-corrected chi connectivity index (χ1v) is 11.2. The molecule has 10 heteroatoms. The number of benzene rings is 3. The van der Waals surface area contributed by atoms with Gasteiger partial charge in [-0.15, -0.1) is 0 Å². The van der Waals surface area contributed by atoms with Crippen molar-refractivity contribution in [2.24, 2.45) is 0 Å². The zero-order valence-corrected chi connectivity index (χ0v) is 18.8. The quantitative estimate of drug-likeness (QED) is 0.498. The number of nitrogens with one attached hydrogen (secondary N) is 2. The second-order valence-electron chi connectivity index (χ2n) is 6.64. The predicted molar refractivity (Wildman–Crippen MR) is 121 cm³/mol. The molecule has 1 amide bonds. The lowest BCUT2D eigenvalue weighted by atomic mass is 10.1. The fraction of sp³-hybridized carbons (Fsp3) is 0.136. The van der Waals surface area contributed by atoms with Crippen LogP contribution in [-0.4, -0.2) is 28.5 Å². The number of halogens is 2. The minimum atomic E-state index is -4.24. The molecule has 0 atom stereocenters. The second-order valence-corrected chi connectivity index (χ2v) is 8.73. The molecule has 168 valence electrons. The third kappa shape index (κ3) is 5.49. The van der Waals surface area contributed by atoms with Crippen LogP contribution in [0.4, 0.5) is 15.8 Å². The lowest BCUT2D eigenvalue weighted by Gasteiger charge is -2.15. The highest BCUT2D eigenvalue weighted by Crippen LogP contribution is 2.30. The van der Waals surface area contributed by atoms with Crippen LogP contribution in [-0.2, 0) is 21.2 Å². The molecular formula is C22H20ClFN2O5S. The maximum Gasteiger partial charge on any atom is 0.264 e. The van der Waals surface area contributed by atoms with Crippen LogP contribution in [0.2, 0.25) is 5.02 Å². The number of hydrogen-bond donors (Lipinski definition) is 2. The van der Waals surface area contributed by atoms with Crippen LogP contribution in [0.3, 0.4) is 0 Å². The first kappa shape index (κ1) is 23.4. The number of carbonyl (C=O) groups is 1. The minimum Gasteiger partial charge on any atom is -0.493 e. The Morgan fingerprint density at radius 1 is 0.969 bits per heavy atom. The van der Waals surface area contributed by atoms with Crippen LogP contribution in [0, 0.1) is 5.82 Å². The highest BCUT2D eigenvalue weighted by Gasteiger charge is 2.21. The molecule has 32 heavy (non-hydrogen) atoms. The van der Waals surface area contributed by atoms with E-state index in [1.807, 2.05) is 0 Å². The molecule has 0 spiro atoms. The number of methoxy groups -OCH3 is 2. The van der Waals surface area contributed by atoms with Gasteiger partial charge >= 0.3 is 0 Å². The molecule has 0 aliphatic rings. The number of rotatable bonds is 8. The Kier molecular flexibility index (Phi) is 7.22. The number of amides is 1. The lowest BCUT2D eigenvalue weighted by Crippen LogP contribution is -2.19. The summed E-state index contributed by atoms with van der Waals surface area (Å²) in [6.45, 7) is 0. The van der Waals surface area contributed by atoms with E-state index in [-0.39, 0.29) is 22.8 Å². The molecular weight excluding hydrogens is 459 g/mol. The number of anilines is 2. The van der Waals surface area contributed by atoms with Gasteiger partial charge in [0.1, 0.15) is 10.7 Å². The molecule has 2 N–H and O–H groups in total. The highest BCUT2D eigenvalue weighted by atomic mass is 35.5. The van der Waals surface area contributed by atoms with Gasteiger partial charge in [-0.1, -0.05) is 29.8 Å². The summed E-state index contributed by atoms with van der Waals surface area (Å²) < 4.78 is 52.0. The standard InChI is InChI=1S/C22H20ClFN2O5S/c1-30-19-10-7-14(11-20(19)31-2)12-22(27)25-18-13-15(23)8-9-17(18)26-32(28,29)21-6-4-3-5-16(21)24/h3-11,13,26H,12H2,1-2H3,(H,25,27). The molecule has 0 bridgehead atoms. The molecule has 0 saturated carbocycles. The summed E-state index contributed by atoms with van der Waals surface area (Å²) in [7, 11) is -1.25. The highest BCUT2D eigenvalue weighted by molar-refractivity contribution is 7.92. The van der Waals surface area contributed by atoms with Crippen LogP contribution in [0.15, 0.2) is 65.6 Å². The summed E-state index contributed by atoms with van der Waals surface area (Å²) in [4.78, 5) is 12.1. The summed E-state index contributed by atoms with van der Waals surface area (Å²) in [5.41, 5.74) is 0.817. The number of carbonyl (C=O) groups excluding carboxylic acids is 1. The minimum absolute atomic E-state index is 0.0215. The Balaban J connectivity index is 1.82. The van der Waals surface area contributed by atoms with Gasteiger partial charge in [0, 0.05) is 5.02 Å². The van der Waals surface area contributed by atoms with Crippen molar-refractivity contribution in [3.8, 4) is 11.5 Å². The molecule has 0 aliphatic carbocycles. The van der Waals surface area contributed by atoms with Crippen molar-refractivity contribution in [3.05, 3.63) is 77.1 Å². The van der Waals surface area contributed by atoms with Crippen molar-refractivity contribution in [1.82, 2.24) is 0 Å². The molecule has 0 aromatic heterocycles. The summed E-state index contributed by atoms with van der Waals surface area (Å²) >= 11 is 6.03. The zero-order chi connectivity index (χ0) is 23.3. The average Bonchev–Trinajstić information content (AvgIpc) is 2.75. The van der Waals surface area contributed by atoms with E-state index in [0.717, 1.165) is 12.1 Å². The smallest absolute Gasteiger partial charge is 0.264 e. The maximum atomic E-state index is 14.0. The van der Waals surface area contributed by atoms with Gasteiger partial charge in [-0.05, 0) is 48.0 Å². The third-order valence-corrected chi connectivity index (χ3v) is 6.07. The van der Waals surface area contributed by atoms with E-state index in [1.165, 1.54) is 44.6 Å².